The number of nitrogens with zero attached hydrogens (tertiary/aromatic N) is 1. The van der Waals surface area contributed by atoms with E-state index in [0.29, 0.717) is 5.39 Å². The van der Waals surface area contributed by atoms with Gasteiger partial charge in [0.05, 0.1) is 11.1 Å². The van der Waals surface area contributed by atoms with Crippen LogP contribution in [0.1, 0.15) is 0 Å². The molecule has 0 aliphatic rings. The fourth-order valence-corrected chi connectivity index (χ4v) is 1.60. The summed E-state index contributed by atoms with van der Waals surface area (Å²) >= 11 is 5.01. The molecule has 1 heterocycles. The number of para-hydroxylation sites is 1. The van der Waals surface area contributed by atoms with Crippen LogP contribution in [0.15, 0.2) is 30.5 Å². The van der Waals surface area contributed by atoms with Crippen molar-refractivity contribution < 1.29 is 4.92 Å². The monoisotopic (exact) mass is 206 g/mol. The smallest absolute Gasteiger partial charge is 0.303 e. The summed E-state index contributed by atoms with van der Waals surface area (Å²) in [6.07, 6.45) is 1.32. The predicted octanol–water partition coefficient (Wildman–Crippen LogP) is 2.81. The first-order chi connectivity index (χ1) is 6.70. The van der Waals surface area contributed by atoms with Crippen LogP contribution in [0.25, 0.3) is 10.9 Å². The largest absolute Gasteiger partial charge is 0.355 e. The molecule has 4 nitrogen and oxygen atoms in total. The Morgan fingerprint density at radius 3 is 2.79 bits per heavy atom. The Morgan fingerprint density at radius 2 is 2.07 bits per heavy atom. The number of hydrogen-bond acceptors (Lipinski definition) is 3. The third-order valence-electron chi connectivity index (χ3n) is 1.97. The van der Waals surface area contributed by atoms with E-state index in [1.165, 1.54) is 6.20 Å². The van der Waals surface area contributed by atoms with Crippen molar-refractivity contribution in [3.05, 3.63) is 45.1 Å². The van der Waals surface area contributed by atoms with E-state index in [1.54, 1.807) is 12.1 Å². The molecule has 5 heteroatoms. The minimum absolute atomic E-state index is 0.0568. The van der Waals surface area contributed by atoms with Gasteiger partial charge in [0.15, 0.2) is 0 Å². The molecule has 0 aliphatic heterocycles. The quantitative estimate of drug-likeness (QED) is 0.443. The van der Waals surface area contributed by atoms with Crippen LogP contribution >= 0.6 is 12.2 Å². The van der Waals surface area contributed by atoms with E-state index in [0.717, 1.165) is 5.52 Å². The van der Waals surface area contributed by atoms with Crippen LogP contribution in [0.4, 0.5) is 5.69 Å². The van der Waals surface area contributed by atoms with Crippen molar-refractivity contribution in [3.63, 3.8) is 0 Å². The van der Waals surface area contributed by atoms with Gasteiger partial charge in [-0.2, -0.15) is 0 Å². The molecule has 0 bridgehead atoms. The maximum atomic E-state index is 10.6. The molecular formula is C9H6N2O2S. The lowest BCUT2D eigenvalue weighted by molar-refractivity contribution is -0.385. The van der Waals surface area contributed by atoms with E-state index >= 15 is 0 Å². The zero-order valence-electron chi connectivity index (χ0n) is 7.06. The van der Waals surface area contributed by atoms with Crippen LogP contribution in [0.3, 0.4) is 0 Å². The fraction of sp³-hybridized carbons (Fsp3) is 0. The highest BCUT2D eigenvalue weighted by Gasteiger charge is 2.10. The summed E-state index contributed by atoms with van der Waals surface area (Å²) in [5, 5.41) is 11.3. The van der Waals surface area contributed by atoms with Crippen molar-refractivity contribution >= 4 is 28.8 Å². The number of aromatic nitrogens is 1. The summed E-state index contributed by atoms with van der Waals surface area (Å²) in [6, 6.07) is 7.24. The summed E-state index contributed by atoms with van der Waals surface area (Å²) in [4.78, 5) is 12.9. The molecule has 14 heavy (non-hydrogen) atoms. The van der Waals surface area contributed by atoms with E-state index in [1.807, 2.05) is 12.1 Å². The summed E-state index contributed by atoms with van der Waals surface area (Å²) in [5.74, 6) is 0. The third-order valence-corrected chi connectivity index (χ3v) is 2.39. The van der Waals surface area contributed by atoms with Gasteiger partial charge >= 0.3 is 5.69 Å². The SMILES string of the molecule is O=[N+]([O-])c1c[nH]c2ccccc2c1=S. The van der Waals surface area contributed by atoms with Crippen LogP contribution in [0.2, 0.25) is 0 Å². The lowest BCUT2D eigenvalue weighted by Crippen LogP contribution is -1.91. The molecule has 2 rings (SSSR count). The standard InChI is InChI=1S/C9H6N2O2S/c12-11(13)8-5-10-7-4-2-1-3-6(7)9(8)14/h1-5H,(H,10,14). The van der Waals surface area contributed by atoms with Gasteiger partial charge in [-0.1, -0.05) is 30.4 Å². The molecule has 1 aromatic heterocycles. The molecular weight excluding hydrogens is 200 g/mol. The molecule has 0 amide bonds. The predicted molar refractivity (Wildman–Crippen MR) is 55.8 cm³/mol. The number of nitro groups is 1. The lowest BCUT2D eigenvalue weighted by atomic mass is 10.2. The zero-order valence-corrected chi connectivity index (χ0v) is 7.88. The highest BCUT2D eigenvalue weighted by molar-refractivity contribution is 7.71. The average molecular weight is 206 g/mol. The number of benzene rings is 1. The second-order valence-electron chi connectivity index (χ2n) is 2.81. The van der Waals surface area contributed by atoms with Gasteiger partial charge < -0.3 is 4.98 Å². The Kier molecular flexibility index (Phi) is 2.01. The topological polar surface area (TPSA) is 58.9 Å². The molecule has 0 saturated heterocycles. The zero-order chi connectivity index (χ0) is 10.1. The third kappa shape index (κ3) is 1.27. The minimum Gasteiger partial charge on any atom is -0.355 e. The Hall–Kier alpha value is -1.75. The number of aromatic amines is 1. The first-order valence-corrected chi connectivity index (χ1v) is 4.36. The van der Waals surface area contributed by atoms with Gasteiger partial charge in [-0.05, 0) is 6.07 Å². The van der Waals surface area contributed by atoms with Crippen LogP contribution < -0.4 is 0 Å². The molecule has 0 saturated carbocycles. The Bertz CT molecular complexity index is 562. The number of nitrogens with one attached hydrogen (secondary N) is 1. The van der Waals surface area contributed by atoms with Crippen molar-refractivity contribution in [3.8, 4) is 0 Å². The summed E-state index contributed by atoms with van der Waals surface area (Å²) in [5.41, 5.74) is 0.752. The van der Waals surface area contributed by atoms with Gasteiger partial charge in [-0.25, -0.2) is 0 Å². The van der Waals surface area contributed by atoms with Gasteiger partial charge in [0.2, 0.25) is 0 Å². The second kappa shape index (κ2) is 3.19. The van der Waals surface area contributed by atoms with Gasteiger partial charge in [0.25, 0.3) is 0 Å². The highest BCUT2D eigenvalue weighted by atomic mass is 32.1. The van der Waals surface area contributed by atoms with Crippen LogP contribution in [-0.4, -0.2) is 9.91 Å². The maximum Gasteiger partial charge on any atom is 0.303 e. The molecule has 70 valence electrons. The summed E-state index contributed by atoms with van der Waals surface area (Å²) < 4.78 is 0.282. The second-order valence-corrected chi connectivity index (χ2v) is 3.21. The number of H-pyrrole nitrogens is 1. The van der Waals surface area contributed by atoms with Crippen LogP contribution in [0.5, 0.6) is 0 Å². The van der Waals surface area contributed by atoms with E-state index in [-0.39, 0.29) is 10.2 Å². The fourth-order valence-electron chi connectivity index (χ4n) is 1.29. The Labute approximate surface area is 84.3 Å². The molecule has 0 unspecified atom stereocenters. The van der Waals surface area contributed by atoms with E-state index in [9.17, 15) is 10.1 Å². The lowest BCUT2D eigenvalue weighted by Gasteiger charge is -1.97. The molecule has 1 aromatic carbocycles. The van der Waals surface area contributed by atoms with E-state index in [2.05, 4.69) is 4.98 Å². The Balaban J connectivity index is 2.89. The minimum atomic E-state index is -0.481. The van der Waals surface area contributed by atoms with Crippen molar-refractivity contribution in [2.24, 2.45) is 0 Å². The molecule has 0 radical (unpaired) electrons. The van der Waals surface area contributed by atoms with Gasteiger partial charge in [0, 0.05) is 10.9 Å². The van der Waals surface area contributed by atoms with Crippen molar-refractivity contribution in [1.29, 1.82) is 0 Å². The maximum absolute atomic E-state index is 10.6. The van der Waals surface area contributed by atoms with Crippen LogP contribution in [0, 0.1) is 14.6 Å². The molecule has 2 aromatic rings. The first-order valence-electron chi connectivity index (χ1n) is 3.95. The molecule has 0 spiro atoms. The van der Waals surface area contributed by atoms with Gasteiger partial charge in [0.1, 0.15) is 4.51 Å². The summed E-state index contributed by atoms with van der Waals surface area (Å²) in [6.45, 7) is 0. The molecule has 1 N–H and O–H groups in total. The average Bonchev–Trinajstić information content (AvgIpc) is 2.18. The van der Waals surface area contributed by atoms with Crippen molar-refractivity contribution in [1.82, 2.24) is 4.98 Å². The summed E-state index contributed by atoms with van der Waals surface area (Å²) in [7, 11) is 0. The molecule has 0 fully saturated rings. The normalized spacial score (nSPS) is 10.3. The molecule has 0 atom stereocenters. The number of hydrogen-bond donors (Lipinski definition) is 1. The van der Waals surface area contributed by atoms with E-state index < -0.39 is 4.92 Å². The highest BCUT2D eigenvalue weighted by Crippen LogP contribution is 2.20. The first kappa shape index (κ1) is 8.83. The van der Waals surface area contributed by atoms with Crippen molar-refractivity contribution in [2.45, 2.75) is 0 Å². The number of fused-ring (bicyclic) bond motifs is 1. The number of rotatable bonds is 1. The van der Waals surface area contributed by atoms with Gasteiger partial charge in [-0.15, -0.1) is 0 Å². The van der Waals surface area contributed by atoms with Gasteiger partial charge in [-0.3, -0.25) is 10.1 Å². The van der Waals surface area contributed by atoms with E-state index in [4.69, 9.17) is 12.2 Å². The molecule has 0 aliphatic carbocycles. The van der Waals surface area contributed by atoms with Crippen molar-refractivity contribution in [2.75, 3.05) is 0 Å². The Morgan fingerprint density at radius 1 is 1.36 bits per heavy atom. The van der Waals surface area contributed by atoms with Crippen LogP contribution in [-0.2, 0) is 0 Å². The number of pyridine rings is 1.